The summed E-state index contributed by atoms with van der Waals surface area (Å²) in [7, 11) is 0. The number of aromatic hydroxyl groups is 1. The molecule has 0 saturated carbocycles. The molecule has 0 spiro atoms. The molecule has 0 atom stereocenters. The van der Waals surface area contributed by atoms with Crippen LogP contribution in [-0.4, -0.2) is 35.2 Å². The molecule has 0 aromatic heterocycles. The highest BCUT2D eigenvalue weighted by atomic mass is 35.5. The zero-order valence-corrected chi connectivity index (χ0v) is 16.2. The summed E-state index contributed by atoms with van der Waals surface area (Å²) >= 11 is 11.8. The fourth-order valence-electron chi connectivity index (χ4n) is 3.09. The third kappa shape index (κ3) is 5.70. The molecule has 2 aromatic rings. The van der Waals surface area contributed by atoms with Crippen molar-refractivity contribution >= 4 is 35.3 Å². The van der Waals surface area contributed by atoms with Gasteiger partial charge in [0.25, 0.3) is 0 Å². The van der Waals surface area contributed by atoms with Gasteiger partial charge in [0, 0.05) is 28.1 Å². The second-order valence-electron chi connectivity index (χ2n) is 6.61. The van der Waals surface area contributed by atoms with E-state index in [4.69, 9.17) is 23.2 Å². The summed E-state index contributed by atoms with van der Waals surface area (Å²) in [4.78, 5) is 14.6. The Morgan fingerprint density at radius 1 is 1.15 bits per heavy atom. The normalized spacial score (nSPS) is 15.9. The van der Waals surface area contributed by atoms with Crippen LogP contribution in [0.4, 0.5) is 0 Å². The lowest BCUT2D eigenvalue weighted by atomic mass is 9.96. The van der Waals surface area contributed by atoms with Gasteiger partial charge in [-0.1, -0.05) is 35.3 Å². The number of hydrogen-bond donors (Lipinski definition) is 2. The highest BCUT2D eigenvalue weighted by molar-refractivity contribution is 6.31. The van der Waals surface area contributed by atoms with Crippen molar-refractivity contribution in [3.05, 3.63) is 63.6 Å². The minimum Gasteiger partial charge on any atom is -0.507 e. The first-order valence-corrected chi connectivity index (χ1v) is 9.55. The highest BCUT2D eigenvalue weighted by Gasteiger charge is 2.24. The van der Waals surface area contributed by atoms with Crippen LogP contribution in [0.15, 0.2) is 47.6 Å². The van der Waals surface area contributed by atoms with Crippen molar-refractivity contribution in [3.8, 4) is 5.75 Å². The summed E-state index contributed by atoms with van der Waals surface area (Å²) in [6.45, 7) is 2.58. The monoisotopic (exact) mass is 405 g/mol. The Morgan fingerprint density at radius 3 is 2.52 bits per heavy atom. The van der Waals surface area contributed by atoms with Crippen molar-refractivity contribution in [2.45, 2.75) is 19.4 Å². The first kappa shape index (κ1) is 19.7. The minimum absolute atomic E-state index is 0.0587. The maximum absolute atomic E-state index is 12.3. The van der Waals surface area contributed by atoms with Gasteiger partial charge in [0.05, 0.1) is 6.21 Å². The number of nitrogens with one attached hydrogen (secondary N) is 1. The molecule has 3 rings (SSSR count). The number of benzene rings is 2. The topological polar surface area (TPSA) is 64.9 Å². The number of halogens is 2. The lowest BCUT2D eigenvalue weighted by Crippen LogP contribution is -2.39. The van der Waals surface area contributed by atoms with Crippen LogP contribution < -0.4 is 5.43 Å². The predicted molar refractivity (Wildman–Crippen MR) is 108 cm³/mol. The number of carbonyl (C=O) groups excluding carboxylic acids is 1. The van der Waals surface area contributed by atoms with Gasteiger partial charge in [0.15, 0.2) is 0 Å². The van der Waals surface area contributed by atoms with Crippen molar-refractivity contribution in [2.24, 2.45) is 11.0 Å². The zero-order chi connectivity index (χ0) is 19.2. The average molecular weight is 406 g/mol. The Hall–Kier alpha value is -2.08. The van der Waals surface area contributed by atoms with E-state index in [9.17, 15) is 9.90 Å². The Balaban J connectivity index is 1.46. The van der Waals surface area contributed by atoms with E-state index >= 15 is 0 Å². The SMILES string of the molecule is O=C(NN=Cc1cc(Cl)ccc1O)C1CCN(Cc2ccc(Cl)cc2)CC1. The molecule has 2 N–H and O–H groups in total. The van der Waals surface area contributed by atoms with E-state index in [1.165, 1.54) is 17.8 Å². The molecule has 7 heteroatoms. The number of likely N-dealkylation sites (tertiary alicyclic amines) is 1. The van der Waals surface area contributed by atoms with Crippen LogP contribution in [0.5, 0.6) is 5.75 Å². The summed E-state index contributed by atoms with van der Waals surface area (Å²) in [6.07, 6.45) is 2.98. The highest BCUT2D eigenvalue weighted by Crippen LogP contribution is 2.21. The smallest absolute Gasteiger partial charge is 0.243 e. The number of phenols is 1. The number of carbonyl (C=O) groups is 1. The fourth-order valence-corrected chi connectivity index (χ4v) is 3.39. The van der Waals surface area contributed by atoms with Crippen LogP contribution in [0, 0.1) is 5.92 Å². The lowest BCUT2D eigenvalue weighted by Gasteiger charge is -2.30. The third-order valence-electron chi connectivity index (χ3n) is 4.65. The first-order chi connectivity index (χ1) is 13.0. The first-order valence-electron chi connectivity index (χ1n) is 8.79. The zero-order valence-electron chi connectivity index (χ0n) is 14.7. The average Bonchev–Trinajstić information content (AvgIpc) is 2.67. The van der Waals surface area contributed by atoms with E-state index in [2.05, 4.69) is 15.4 Å². The molecule has 0 bridgehead atoms. The van der Waals surface area contributed by atoms with Gasteiger partial charge in [0.2, 0.25) is 5.91 Å². The molecule has 0 radical (unpaired) electrons. The number of hydrazone groups is 1. The Kier molecular flexibility index (Phi) is 6.72. The molecular formula is C20H21Cl2N3O2. The summed E-state index contributed by atoms with van der Waals surface area (Å²) < 4.78 is 0. The van der Waals surface area contributed by atoms with E-state index in [1.807, 2.05) is 24.3 Å². The van der Waals surface area contributed by atoms with Gasteiger partial charge in [-0.15, -0.1) is 0 Å². The third-order valence-corrected chi connectivity index (χ3v) is 5.13. The van der Waals surface area contributed by atoms with E-state index < -0.39 is 0 Å². The van der Waals surface area contributed by atoms with Gasteiger partial charge in [-0.05, 0) is 61.8 Å². The second kappa shape index (κ2) is 9.22. The molecule has 2 aromatic carbocycles. The summed E-state index contributed by atoms with van der Waals surface area (Å²) in [5, 5.41) is 14.9. The van der Waals surface area contributed by atoms with Crippen molar-refractivity contribution in [3.63, 3.8) is 0 Å². The largest absolute Gasteiger partial charge is 0.507 e. The molecule has 0 aliphatic carbocycles. The molecule has 1 aliphatic rings. The van der Waals surface area contributed by atoms with E-state index in [1.54, 1.807) is 12.1 Å². The minimum atomic E-state index is -0.0982. The summed E-state index contributed by atoms with van der Waals surface area (Å²) in [6, 6.07) is 12.5. The van der Waals surface area contributed by atoms with Gasteiger partial charge in [0.1, 0.15) is 5.75 Å². The Labute approximate surface area is 168 Å². The van der Waals surface area contributed by atoms with E-state index in [0.29, 0.717) is 10.6 Å². The molecule has 1 fully saturated rings. The summed E-state index contributed by atoms with van der Waals surface area (Å²) in [5.41, 5.74) is 4.24. The predicted octanol–water partition coefficient (Wildman–Crippen LogP) is 4.06. The van der Waals surface area contributed by atoms with Crippen LogP contribution in [0.1, 0.15) is 24.0 Å². The van der Waals surface area contributed by atoms with Gasteiger partial charge >= 0.3 is 0 Å². The molecule has 5 nitrogen and oxygen atoms in total. The molecule has 1 aliphatic heterocycles. The van der Waals surface area contributed by atoms with Crippen LogP contribution in [0.25, 0.3) is 0 Å². The molecule has 0 unspecified atom stereocenters. The number of phenolic OH excluding ortho intramolecular Hbond substituents is 1. The standard InChI is InChI=1S/C20H21Cl2N3O2/c21-17-3-1-14(2-4-17)13-25-9-7-15(8-10-25)20(27)24-23-12-16-11-18(22)5-6-19(16)26/h1-6,11-12,15,26H,7-10,13H2,(H,24,27). The van der Waals surface area contributed by atoms with Crippen molar-refractivity contribution in [1.29, 1.82) is 0 Å². The van der Waals surface area contributed by atoms with Gasteiger partial charge in [-0.25, -0.2) is 5.43 Å². The molecule has 27 heavy (non-hydrogen) atoms. The van der Waals surface area contributed by atoms with Crippen LogP contribution in [-0.2, 0) is 11.3 Å². The number of rotatable bonds is 5. The molecular weight excluding hydrogens is 385 g/mol. The molecule has 1 heterocycles. The number of hydrogen-bond acceptors (Lipinski definition) is 4. The van der Waals surface area contributed by atoms with Crippen molar-refractivity contribution in [2.75, 3.05) is 13.1 Å². The Bertz CT molecular complexity index is 816. The maximum Gasteiger partial charge on any atom is 0.243 e. The van der Waals surface area contributed by atoms with E-state index in [0.717, 1.165) is 37.5 Å². The number of amides is 1. The molecule has 142 valence electrons. The summed E-state index contributed by atoms with van der Waals surface area (Å²) in [5.74, 6) is -0.0941. The van der Waals surface area contributed by atoms with Gasteiger partial charge in [-0.2, -0.15) is 5.10 Å². The van der Waals surface area contributed by atoms with Gasteiger partial charge in [-0.3, -0.25) is 9.69 Å². The fraction of sp³-hybridized carbons (Fsp3) is 0.300. The van der Waals surface area contributed by atoms with Crippen LogP contribution >= 0.6 is 23.2 Å². The number of nitrogens with zero attached hydrogens (tertiary/aromatic N) is 2. The maximum atomic E-state index is 12.3. The van der Waals surface area contributed by atoms with Crippen LogP contribution in [0.2, 0.25) is 10.0 Å². The quantitative estimate of drug-likeness (QED) is 0.582. The van der Waals surface area contributed by atoms with Crippen LogP contribution in [0.3, 0.4) is 0 Å². The number of piperidine rings is 1. The lowest BCUT2D eigenvalue weighted by molar-refractivity contribution is -0.126. The van der Waals surface area contributed by atoms with Crippen molar-refractivity contribution in [1.82, 2.24) is 10.3 Å². The second-order valence-corrected chi connectivity index (χ2v) is 7.49. The molecule has 1 saturated heterocycles. The van der Waals surface area contributed by atoms with Gasteiger partial charge < -0.3 is 5.11 Å². The van der Waals surface area contributed by atoms with E-state index in [-0.39, 0.29) is 17.6 Å². The van der Waals surface area contributed by atoms with Crippen molar-refractivity contribution < 1.29 is 9.90 Å². The molecule has 1 amide bonds. The Morgan fingerprint density at radius 2 is 1.81 bits per heavy atom.